The number of hydrogen-bond acceptors (Lipinski definition) is 4. The topological polar surface area (TPSA) is 28.2 Å². The molecule has 1 aliphatic rings. The molecule has 0 atom stereocenters. The summed E-state index contributed by atoms with van der Waals surface area (Å²) in [6, 6.07) is 2.98. The zero-order valence-corrected chi connectivity index (χ0v) is 12.6. The molecule has 0 radical (unpaired) electrons. The van der Waals surface area contributed by atoms with E-state index in [9.17, 15) is 8.78 Å². The molecule has 0 spiro atoms. The zero-order valence-electron chi connectivity index (χ0n) is 11.8. The van der Waals surface area contributed by atoms with Crippen molar-refractivity contribution in [1.29, 1.82) is 0 Å². The standard InChI is InChI=1S/C15H17F2N3S/c1-2-5-18-14-11(16)8-12(17)15(19-14)20-6-3-13-10(9-20)4-7-21-13/h4,7-8H,2-3,5-6,9H2,1H3,(H,18,19). The summed E-state index contributed by atoms with van der Waals surface area (Å²) in [5.41, 5.74) is 1.21. The van der Waals surface area contributed by atoms with Gasteiger partial charge in [0.15, 0.2) is 23.3 Å². The molecule has 0 fully saturated rings. The van der Waals surface area contributed by atoms with Gasteiger partial charge in [-0.1, -0.05) is 6.92 Å². The van der Waals surface area contributed by atoms with Gasteiger partial charge in [0.1, 0.15) is 0 Å². The fraction of sp³-hybridized carbons (Fsp3) is 0.400. The third-order valence-electron chi connectivity index (χ3n) is 3.56. The molecule has 3 nitrogen and oxygen atoms in total. The van der Waals surface area contributed by atoms with Gasteiger partial charge in [0.05, 0.1) is 0 Å². The summed E-state index contributed by atoms with van der Waals surface area (Å²) < 4.78 is 27.8. The molecular formula is C15H17F2N3S. The maximum atomic E-state index is 14.1. The van der Waals surface area contributed by atoms with Crippen molar-refractivity contribution in [3.8, 4) is 0 Å². The molecule has 3 heterocycles. The number of anilines is 2. The van der Waals surface area contributed by atoms with E-state index >= 15 is 0 Å². The summed E-state index contributed by atoms with van der Waals surface area (Å²) in [5.74, 6) is -0.887. The summed E-state index contributed by atoms with van der Waals surface area (Å²) in [7, 11) is 0. The van der Waals surface area contributed by atoms with Gasteiger partial charge in [0.25, 0.3) is 0 Å². The Morgan fingerprint density at radius 2 is 2.24 bits per heavy atom. The van der Waals surface area contributed by atoms with Crippen LogP contribution in [0.4, 0.5) is 20.4 Å². The highest BCUT2D eigenvalue weighted by Gasteiger charge is 2.22. The highest BCUT2D eigenvalue weighted by atomic mass is 32.1. The molecule has 21 heavy (non-hydrogen) atoms. The van der Waals surface area contributed by atoms with Crippen molar-refractivity contribution >= 4 is 23.0 Å². The molecule has 2 aromatic heterocycles. The Bertz CT molecular complexity index is 642. The van der Waals surface area contributed by atoms with E-state index in [1.54, 1.807) is 11.3 Å². The first kappa shape index (κ1) is 14.3. The van der Waals surface area contributed by atoms with Crippen molar-refractivity contribution in [1.82, 2.24) is 4.98 Å². The van der Waals surface area contributed by atoms with Gasteiger partial charge < -0.3 is 10.2 Å². The lowest BCUT2D eigenvalue weighted by atomic mass is 10.1. The molecule has 0 amide bonds. The van der Waals surface area contributed by atoms with Gasteiger partial charge in [0, 0.05) is 30.6 Å². The normalized spacial score (nSPS) is 14.1. The molecule has 0 saturated carbocycles. The minimum atomic E-state index is -0.641. The lowest BCUT2D eigenvalue weighted by Crippen LogP contribution is -2.31. The van der Waals surface area contributed by atoms with Crippen molar-refractivity contribution < 1.29 is 8.78 Å². The number of thiophene rings is 1. The predicted octanol–water partition coefficient (Wildman–Crippen LogP) is 3.81. The van der Waals surface area contributed by atoms with E-state index in [-0.39, 0.29) is 11.6 Å². The van der Waals surface area contributed by atoms with E-state index in [1.807, 2.05) is 11.8 Å². The van der Waals surface area contributed by atoms with Crippen LogP contribution < -0.4 is 10.2 Å². The molecule has 1 N–H and O–H groups in total. The van der Waals surface area contributed by atoms with E-state index in [1.165, 1.54) is 10.4 Å². The van der Waals surface area contributed by atoms with Crippen LogP contribution in [-0.2, 0) is 13.0 Å². The molecule has 0 aromatic carbocycles. The first-order chi connectivity index (χ1) is 10.2. The molecule has 3 rings (SSSR count). The Morgan fingerprint density at radius 3 is 3.05 bits per heavy atom. The number of nitrogens with one attached hydrogen (secondary N) is 1. The van der Waals surface area contributed by atoms with E-state index in [0.717, 1.165) is 18.9 Å². The van der Waals surface area contributed by atoms with Gasteiger partial charge >= 0.3 is 0 Å². The Balaban J connectivity index is 1.88. The average Bonchev–Trinajstić information content (AvgIpc) is 2.94. The molecule has 0 saturated heterocycles. The van der Waals surface area contributed by atoms with Crippen molar-refractivity contribution in [2.75, 3.05) is 23.3 Å². The van der Waals surface area contributed by atoms with Crippen LogP contribution in [0.3, 0.4) is 0 Å². The van der Waals surface area contributed by atoms with E-state index in [2.05, 4.69) is 21.7 Å². The van der Waals surface area contributed by atoms with Gasteiger partial charge in [-0.15, -0.1) is 11.3 Å². The molecule has 1 aliphatic heterocycles. The van der Waals surface area contributed by atoms with Crippen molar-refractivity contribution in [2.24, 2.45) is 0 Å². The second kappa shape index (κ2) is 5.97. The maximum absolute atomic E-state index is 14.1. The number of halogens is 2. The first-order valence-electron chi connectivity index (χ1n) is 7.09. The fourth-order valence-electron chi connectivity index (χ4n) is 2.48. The van der Waals surface area contributed by atoms with Crippen molar-refractivity contribution in [2.45, 2.75) is 26.3 Å². The van der Waals surface area contributed by atoms with Crippen LogP contribution in [-0.4, -0.2) is 18.1 Å². The number of nitrogens with zero attached hydrogens (tertiary/aromatic N) is 2. The molecule has 0 bridgehead atoms. The Hall–Kier alpha value is -1.69. The van der Waals surface area contributed by atoms with E-state index < -0.39 is 11.6 Å². The van der Waals surface area contributed by atoms with Crippen LogP contribution in [0, 0.1) is 11.6 Å². The van der Waals surface area contributed by atoms with E-state index in [0.29, 0.717) is 19.6 Å². The number of fused-ring (bicyclic) bond motifs is 1. The number of aromatic nitrogens is 1. The van der Waals surface area contributed by atoms with Gasteiger partial charge in [-0.05, 0) is 29.9 Å². The van der Waals surface area contributed by atoms with Crippen molar-refractivity contribution in [3.63, 3.8) is 0 Å². The van der Waals surface area contributed by atoms with Gasteiger partial charge in [0.2, 0.25) is 0 Å². The Kier molecular flexibility index (Phi) is 4.05. The minimum Gasteiger partial charge on any atom is -0.368 e. The zero-order chi connectivity index (χ0) is 14.8. The van der Waals surface area contributed by atoms with Gasteiger partial charge in [-0.2, -0.15) is 0 Å². The SMILES string of the molecule is CCCNc1nc(N2CCc3sccc3C2)c(F)cc1F. The third-order valence-corrected chi connectivity index (χ3v) is 4.58. The maximum Gasteiger partial charge on any atom is 0.168 e. The van der Waals surface area contributed by atoms with Crippen LogP contribution in [0.5, 0.6) is 0 Å². The van der Waals surface area contributed by atoms with Crippen LogP contribution in [0.2, 0.25) is 0 Å². The van der Waals surface area contributed by atoms with Crippen LogP contribution in [0.25, 0.3) is 0 Å². The number of pyridine rings is 1. The average molecular weight is 309 g/mol. The minimum absolute atomic E-state index is 0.129. The lowest BCUT2D eigenvalue weighted by molar-refractivity contribution is 0.566. The molecule has 0 unspecified atom stereocenters. The quantitative estimate of drug-likeness (QED) is 0.931. The largest absolute Gasteiger partial charge is 0.368 e. The lowest BCUT2D eigenvalue weighted by Gasteiger charge is -2.28. The summed E-state index contributed by atoms with van der Waals surface area (Å²) in [4.78, 5) is 7.38. The summed E-state index contributed by atoms with van der Waals surface area (Å²) >= 11 is 1.73. The van der Waals surface area contributed by atoms with Gasteiger partial charge in [-0.25, -0.2) is 13.8 Å². The first-order valence-corrected chi connectivity index (χ1v) is 7.97. The van der Waals surface area contributed by atoms with E-state index in [4.69, 9.17) is 0 Å². The van der Waals surface area contributed by atoms with Crippen molar-refractivity contribution in [3.05, 3.63) is 39.6 Å². The number of hydrogen-bond donors (Lipinski definition) is 1. The summed E-state index contributed by atoms with van der Waals surface area (Å²) in [6.45, 7) is 3.93. The van der Waals surface area contributed by atoms with Gasteiger partial charge in [-0.3, -0.25) is 0 Å². The smallest absolute Gasteiger partial charge is 0.168 e. The highest BCUT2D eigenvalue weighted by molar-refractivity contribution is 7.10. The molecule has 112 valence electrons. The third kappa shape index (κ3) is 2.85. The van der Waals surface area contributed by atoms with Crippen LogP contribution >= 0.6 is 11.3 Å². The summed E-state index contributed by atoms with van der Waals surface area (Å²) in [5, 5.41) is 4.96. The molecule has 0 aliphatic carbocycles. The monoisotopic (exact) mass is 309 g/mol. The molecule has 6 heteroatoms. The number of rotatable bonds is 4. The molecular weight excluding hydrogens is 292 g/mol. The second-order valence-electron chi connectivity index (χ2n) is 5.09. The second-order valence-corrected chi connectivity index (χ2v) is 6.09. The summed E-state index contributed by atoms with van der Waals surface area (Å²) in [6.07, 6.45) is 1.74. The highest BCUT2D eigenvalue weighted by Crippen LogP contribution is 2.29. The predicted molar refractivity (Wildman–Crippen MR) is 82.0 cm³/mol. The van der Waals surface area contributed by atoms with Crippen LogP contribution in [0.1, 0.15) is 23.8 Å². The fourth-order valence-corrected chi connectivity index (χ4v) is 3.36. The Labute approximate surface area is 126 Å². The van der Waals surface area contributed by atoms with Crippen LogP contribution in [0.15, 0.2) is 17.5 Å². The Morgan fingerprint density at radius 1 is 1.38 bits per heavy atom. The molecule has 2 aromatic rings.